The van der Waals surface area contributed by atoms with Gasteiger partial charge < -0.3 is 4.74 Å². The lowest BCUT2D eigenvalue weighted by Crippen LogP contribution is -2.19. The standard InChI is InChI=1S/C25H20Cl2F2N6O2S/c1-12-5-14(15-6-22(27)31-8-19(15)37-2)16(7-30-12)24(36)34-25-33-18-10-35(11-20(18)38-25)9-17-13(23(28)29)3-4-21(26)32-17/h3-8,23H,9-11H2,1-2H3,(H,33,34,36). The number of ether oxygens (including phenoxy) is 1. The Kier molecular flexibility index (Phi) is 7.53. The first-order valence-electron chi connectivity index (χ1n) is 11.3. The molecule has 0 saturated carbocycles. The highest BCUT2D eigenvalue weighted by Crippen LogP contribution is 2.36. The Morgan fingerprint density at radius 3 is 2.68 bits per heavy atom. The first kappa shape index (κ1) is 26.4. The molecule has 5 heterocycles. The van der Waals surface area contributed by atoms with Crippen molar-refractivity contribution in [1.29, 1.82) is 0 Å². The van der Waals surface area contributed by atoms with Crippen molar-refractivity contribution in [2.75, 3.05) is 12.4 Å². The van der Waals surface area contributed by atoms with E-state index < -0.39 is 12.3 Å². The molecule has 4 aromatic heterocycles. The minimum atomic E-state index is -2.64. The van der Waals surface area contributed by atoms with E-state index >= 15 is 0 Å². The molecule has 196 valence electrons. The van der Waals surface area contributed by atoms with Crippen LogP contribution in [0.25, 0.3) is 11.1 Å². The van der Waals surface area contributed by atoms with E-state index in [1.165, 1.54) is 43.0 Å². The molecular formula is C25H20Cl2F2N6O2S. The molecule has 0 unspecified atom stereocenters. The van der Waals surface area contributed by atoms with Gasteiger partial charge in [0.05, 0.1) is 30.3 Å². The number of anilines is 1. The summed E-state index contributed by atoms with van der Waals surface area (Å²) in [5.41, 5.74) is 3.11. The molecule has 0 saturated heterocycles. The third-order valence-corrected chi connectivity index (χ3v) is 7.37. The van der Waals surface area contributed by atoms with Gasteiger partial charge >= 0.3 is 0 Å². The number of carbonyl (C=O) groups is 1. The molecule has 5 rings (SSSR count). The summed E-state index contributed by atoms with van der Waals surface area (Å²) in [5.74, 6) is 0.0722. The Morgan fingerprint density at radius 2 is 1.95 bits per heavy atom. The van der Waals surface area contributed by atoms with Crippen LogP contribution < -0.4 is 10.1 Å². The van der Waals surface area contributed by atoms with Crippen molar-refractivity contribution in [2.24, 2.45) is 0 Å². The van der Waals surface area contributed by atoms with E-state index in [1.54, 1.807) is 12.1 Å². The van der Waals surface area contributed by atoms with Crippen LogP contribution in [-0.2, 0) is 19.6 Å². The van der Waals surface area contributed by atoms with E-state index in [9.17, 15) is 13.6 Å². The Morgan fingerprint density at radius 1 is 1.13 bits per heavy atom. The summed E-state index contributed by atoms with van der Waals surface area (Å²) in [5, 5.41) is 3.71. The molecule has 0 radical (unpaired) electrons. The van der Waals surface area contributed by atoms with Crippen LogP contribution >= 0.6 is 34.5 Å². The first-order valence-corrected chi connectivity index (χ1v) is 12.9. The summed E-state index contributed by atoms with van der Waals surface area (Å²) in [6, 6.07) is 6.07. The number of amides is 1. The summed E-state index contributed by atoms with van der Waals surface area (Å²) in [6.45, 7) is 2.95. The van der Waals surface area contributed by atoms with Crippen LogP contribution in [0.3, 0.4) is 0 Å². The Bertz CT molecular complexity index is 1510. The van der Waals surface area contributed by atoms with Crippen molar-refractivity contribution >= 4 is 45.6 Å². The second-order valence-electron chi connectivity index (χ2n) is 8.54. The lowest BCUT2D eigenvalue weighted by atomic mass is 10.0. The third-order valence-electron chi connectivity index (χ3n) is 5.95. The second kappa shape index (κ2) is 10.9. The predicted octanol–water partition coefficient (Wildman–Crippen LogP) is 6.32. The van der Waals surface area contributed by atoms with Crippen molar-refractivity contribution in [3.8, 4) is 16.9 Å². The van der Waals surface area contributed by atoms with Crippen molar-refractivity contribution in [3.63, 3.8) is 0 Å². The number of rotatable bonds is 7. The van der Waals surface area contributed by atoms with Crippen LogP contribution in [0, 0.1) is 6.92 Å². The van der Waals surface area contributed by atoms with Gasteiger partial charge in [-0.05, 0) is 31.2 Å². The molecule has 13 heteroatoms. The van der Waals surface area contributed by atoms with E-state index in [2.05, 4.69) is 25.3 Å². The van der Waals surface area contributed by atoms with Crippen molar-refractivity contribution in [2.45, 2.75) is 33.0 Å². The summed E-state index contributed by atoms with van der Waals surface area (Å²) in [6.07, 6.45) is 0.348. The number of fused-ring (bicyclic) bond motifs is 1. The molecule has 1 N–H and O–H groups in total. The van der Waals surface area contributed by atoms with Crippen LogP contribution in [0.1, 0.15) is 44.3 Å². The molecule has 0 bridgehead atoms. The number of nitrogens with zero attached hydrogens (tertiary/aromatic N) is 5. The SMILES string of the molecule is COc1cnc(Cl)cc1-c1cc(C)ncc1C(=O)Nc1nc2c(s1)CN(Cc1nc(Cl)ccc1C(F)F)C2. The lowest BCUT2D eigenvalue weighted by molar-refractivity contribution is 0.102. The van der Waals surface area contributed by atoms with Crippen LogP contribution in [0.5, 0.6) is 5.75 Å². The van der Waals surface area contributed by atoms with Gasteiger partial charge in [0.15, 0.2) is 5.13 Å². The number of halogens is 4. The minimum absolute atomic E-state index is 0.139. The van der Waals surface area contributed by atoms with E-state index in [-0.39, 0.29) is 28.1 Å². The molecule has 0 aliphatic carbocycles. The van der Waals surface area contributed by atoms with Crippen LogP contribution in [-0.4, -0.2) is 37.9 Å². The summed E-state index contributed by atoms with van der Waals surface area (Å²) in [4.78, 5) is 33.2. The fourth-order valence-corrected chi connectivity index (χ4v) is 5.54. The highest BCUT2D eigenvalue weighted by molar-refractivity contribution is 7.15. The molecule has 0 atom stereocenters. The van der Waals surface area contributed by atoms with Gasteiger partial charge in [-0.2, -0.15) is 0 Å². The van der Waals surface area contributed by atoms with Gasteiger partial charge in [0.1, 0.15) is 16.1 Å². The second-order valence-corrected chi connectivity index (χ2v) is 10.4. The van der Waals surface area contributed by atoms with E-state index in [1.807, 2.05) is 11.8 Å². The highest BCUT2D eigenvalue weighted by Gasteiger charge is 2.27. The molecule has 4 aromatic rings. The molecule has 1 amide bonds. The number of aryl methyl sites for hydroxylation is 1. The average Bonchev–Trinajstić information content (AvgIpc) is 3.41. The first-order chi connectivity index (χ1) is 18.2. The molecule has 0 aromatic carbocycles. The summed E-state index contributed by atoms with van der Waals surface area (Å²) >= 11 is 13.4. The van der Waals surface area contributed by atoms with E-state index in [0.29, 0.717) is 46.4 Å². The zero-order chi connectivity index (χ0) is 27.0. The van der Waals surface area contributed by atoms with Crippen molar-refractivity contribution < 1.29 is 18.3 Å². The number of aromatic nitrogens is 4. The Hall–Kier alpha value is -3.25. The Labute approximate surface area is 230 Å². The van der Waals surface area contributed by atoms with Crippen molar-refractivity contribution in [3.05, 3.63) is 80.1 Å². The van der Waals surface area contributed by atoms with Crippen LogP contribution in [0.2, 0.25) is 10.3 Å². The Balaban J connectivity index is 1.33. The number of thiazole rings is 1. The zero-order valence-corrected chi connectivity index (χ0v) is 22.5. The van der Waals surface area contributed by atoms with Gasteiger partial charge in [-0.15, -0.1) is 11.3 Å². The molecule has 1 aliphatic rings. The van der Waals surface area contributed by atoms with Gasteiger partial charge in [-0.25, -0.2) is 23.7 Å². The van der Waals surface area contributed by atoms with Crippen molar-refractivity contribution in [1.82, 2.24) is 24.8 Å². The fourth-order valence-electron chi connectivity index (χ4n) is 4.21. The molecule has 0 spiro atoms. The monoisotopic (exact) mass is 576 g/mol. The van der Waals surface area contributed by atoms with Gasteiger partial charge in [-0.1, -0.05) is 23.2 Å². The third kappa shape index (κ3) is 5.46. The van der Waals surface area contributed by atoms with Gasteiger partial charge in [0.25, 0.3) is 12.3 Å². The summed E-state index contributed by atoms with van der Waals surface area (Å²) < 4.78 is 32.2. The van der Waals surface area contributed by atoms with Gasteiger partial charge in [0.2, 0.25) is 0 Å². The number of methoxy groups -OCH3 is 1. The number of nitrogens with one attached hydrogen (secondary N) is 1. The normalized spacial score (nSPS) is 13.1. The number of hydrogen-bond acceptors (Lipinski definition) is 8. The number of carbonyl (C=O) groups excluding carboxylic acids is 1. The number of alkyl halides is 2. The van der Waals surface area contributed by atoms with E-state index in [4.69, 9.17) is 27.9 Å². The van der Waals surface area contributed by atoms with E-state index in [0.717, 1.165) is 10.6 Å². The summed E-state index contributed by atoms with van der Waals surface area (Å²) in [7, 11) is 1.51. The fraction of sp³-hybridized carbons (Fsp3) is 0.240. The number of hydrogen-bond donors (Lipinski definition) is 1. The number of pyridine rings is 3. The quantitative estimate of drug-likeness (QED) is 0.257. The maximum absolute atomic E-state index is 13.4. The van der Waals surface area contributed by atoms with Gasteiger partial charge in [-0.3, -0.25) is 20.0 Å². The van der Waals surface area contributed by atoms with Gasteiger partial charge in [0, 0.05) is 53.1 Å². The maximum atomic E-state index is 13.4. The average molecular weight is 577 g/mol. The molecule has 1 aliphatic heterocycles. The lowest BCUT2D eigenvalue weighted by Gasteiger charge is -2.17. The largest absolute Gasteiger partial charge is 0.494 e. The predicted molar refractivity (Wildman–Crippen MR) is 141 cm³/mol. The van der Waals surface area contributed by atoms with Crippen LogP contribution in [0.15, 0.2) is 36.7 Å². The minimum Gasteiger partial charge on any atom is -0.494 e. The molecular weight excluding hydrogens is 557 g/mol. The van der Waals surface area contributed by atoms with Crippen LogP contribution in [0.4, 0.5) is 13.9 Å². The highest BCUT2D eigenvalue weighted by atomic mass is 35.5. The molecule has 38 heavy (non-hydrogen) atoms. The molecule has 0 fully saturated rings. The maximum Gasteiger partial charge on any atom is 0.265 e. The topological polar surface area (TPSA) is 93.1 Å². The molecule has 8 nitrogen and oxygen atoms in total. The zero-order valence-electron chi connectivity index (χ0n) is 20.1. The smallest absolute Gasteiger partial charge is 0.265 e.